The molecule has 0 N–H and O–H groups in total. The van der Waals surface area contributed by atoms with Gasteiger partial charge >= 0.3 is 0 Å². The molecule has 1 aliphatic carbocycles. The van der Waals surface area contributed by atoms with Gasteiger partial charge in [-0.15, -0.1) is 0 Å². The third-order valence-corrected chi connectivity index (χ3v) is 5.66. The molecule has 1 fully saturated rings. The number of hydrogen-bond acceptors (Lipinski definition) is 2. The van der Waals surface area contributed by atoms with Crippen molar-refractivity contribution < 1.29 is 9.21 Å². The molecule has 0 amide bonds. The van der Waals surface area contributed by atoms with Gasteiger partial charge in [-0.25, -0.2) is 0 Å². The second kappa shape index (κ2) is 5.26. The van der Waals surface area contributed by atoms with Crippen LogP contribution in [0.2, 0.25) is 0 Å². The molecule has 0 saturated heterocycles. The van der Waals surface area contributed by atoms with Gasteiger partial charge in [0.2, 0.25) is 5.78 Å². The van der Waals surface area contributed by atoms with Crippen LogP contribution in [0.25, 0.3) is 0 Å². The van der Waals surface area contributed by atoms with E-state index < -0.39 is 0 Å². The summed E-state index contributed by atoms with van der Waals surface area (Å²) < 4.78 is 5.82. The van der Waals surface area contributed by atoms with E-state index in [0.717, 1.165) is 29.7 Å². The lowest BCUT2D eigenvalue weighted by Gasteiger charge is -2.04. The minimum Gasteiger partial charge on any atom is -0.457 e. The molecule has 0 spiro atoms. The van der Waals surface area contributed by atoms with E-state index in [1.165, 1.54) is 12.0 Å². The summed E-state index contributed by atoms with van der Waals surface area (Å²) in [7, 11) is 0. The topological polar surface area (TPSA) is 30.2 Å². The van der Waals surface area contributed by atoms with Crippen molar-refractivity contribution in [1.82, 2.24) is 0 Å². The highest BCUT2D eigenvalue weighted by Crippen LogP contribution is 2.61. The van der Waals surface area contributed by atoms with Crippen LogP contribution in [0.5, 0.6) is 0 Å². The first-order valence-electron chi connectivity index (χ1n) is 8.28. The number of allylic oxidation sites excluding steroid dienone is 4. The zero-order chi connectivity index (χ0) is 16.1. The van der Waals surface area contributed by atoms with Gasteiger partial charge < -0.3 is 4.42 Å². The zero-order valence-electron chi connectivity index (χ0n) is 14.3. The van der Waals surface area contributed by atoms with Crippen LogP contribution in [0.4, 0.5) is 0 Å². The Kier molecular flexibility index (Phi) is 3.66. The van der Waals surface area contributed by atoms with E-state index in [2.05, 4.69) is 32.9 Å². The van der Waals surface area contributed by atoms with Crippen LogP contribution in [0.15, 0.2) is 33.8 Å². The number of carbonyl (C=O) groups excluding carboxylic acids is 1. The van der Waals surface area contributed by atoms with Gasteiger partial charge in [-0.2, -0.15) is 0 Å². The molecule has 0 unspecified atom stereocenters. The van der Waals surface area contributed by atoms with Gasteiger partial charge in [0.15, 0.2) is 5.76 Å². The molecule has 118 valence electrons. The van der Waals surface area contributed by atoms with Gasteiger partial charge in [0.25, 0.3) is 0 Å². The molecule has 2 bridgehead atoms. The lowest BCUT2D eigenvalue weighted by atomic mass is 10.0. The highest BCUT2D eigenvalue weighted by atomic mass is 16.3. The maximum absolute atomic E-state index is 12.6. The van der Waals surface area contributed by atoms with Crippen LogP contribution < -0.4 is 0 Å². The van der Waals surface area contributed by atoms with Crippen LogP contribution in [0.1, 0.15) is 62.4 Å². The van der Waals surface area contributed by atoms with Crippen molar-refractivity contribution in [2.45, 2.75) is 53.9 Å². The Morgan fingerprint density at radius 3 is 2.68 bits per heavy atom. The van der Waals surface area contributed by atoms with Gasteiger partial charge in [-0.3, -0.25) is 4.79 Å². The molecule has 0 aromatic carbocycles. The summed E-state index contributed by atoms with van der Waals surface area (Å²) in [4.78, 5) is 12.6. The average molecular weight is 298 g/mol. The minimum atomic E-state index is 0.0377. The second-order valence-corrected chi connectivity index (χ2v) is 7.64. The van der Waals surface area contributed by atoms with Crippen molar-refractivity contribution in [2.75, 3.05) is 0 Å². The van der Waals surface area contributed by atoms with Crippen LogP contribution in [-0.4, -0.2) is 5.78 Å². The molecule has 0 radical (unpaired) electrons. The number of carbonyl (C=O) groups is 1. The van der Waals surface area contributed by atoms with E-state index in [9.17, 15) is 4.79 Å². The molecule has 3 rings (SSSR count). The number of rotatable bonds is 0. The summed E-state index contributed by atoms with van der Waals surface area (Å²) in [5.74, 6) is 2.64. The number of hydrogen-bond donors (Lipinski definition) is 0. The Morgan fingerprint density at radius 1 is 1.23 bits per heavy atom. The highest BCUT2D eigenvalue weighted by molar-refractivity contribution is 6.06. The van der Waals surface area contributed by atoms with Crippen molar-refractivity contribution in [1.29, 1.82) is 0 Å². The standard InChI is InChI=1S/C20H26O2/c1-12-6-8-15-16(20(15,4)5)10-14(3)19(21)18-11-13(2)17(22-18)9-7-12/h7,10-11,15-16H,6,8-9H2,1-5H3/t15-,16+/m1/s1. The monoisotopic (exact) mass is 298 g/mol. The van der Waals surface area contributed by atoms with Crippen LogP contribution >= 0.6 is 0 Å². The third kappa shape index (κ3) is 2.60. The van der Waals surface area contributed by atoms with Crippen molar-refractivity contribution in [3.8, 4) is 0 Å². The summed E-state index contributed by atoms with van der Waals surface area (Å²) in [6.45, 7) is 10.8. The summed E-state index contributed by atoms with van der Waals surface area (Å²) in [6.07, 6.45) is 7.56. The van der Waals surface area contributed by atoms with Gasteiger partial charge in [0, 0.05) is 6.42 Å². The molecule has 1 aliphatic heterocycles. The third-order valence-electron chi connectivity index (χ3n) is 5.66. The van der Waals surface area contributed by atoms with Gasteiger partial charge in [0.05, 0.1) is 0 Å². The van der Waals surface area contributed by atoms with Crippen molar-refractivity contribution in [3.05, 3.63) is 46.4 Å². The fourth-order valence-electron chi connectivity index (χ4n) is 3.79. The molecule has 2 nitrogen and oxygen atoms in total. The van der Waals surface area contributed by atoms with Crippen molar-refractivity contribution >= 4 is 5.78 Å². The maximum Gasteiger partial charge on any atom is 0.223 e. The number of Topliss-reactive ketones (excluding diaryl/α,β-unsaturated/α-hetero) is 1. The Hall–Kier alpha value is -1.57. The zero-order valence-corrected chi connectivity index (χ0v) is 14.3. The summed E-state index contributed by atoms with van der Waals surface area (Å²) >= 11 is 0. The van der Waals surface area contributed by atoms with E-state index in [-0.39, 0.29) is 5.78 Å². The SMILES string of the molecule is CC1=CCc2oc(cc2C)C(=O)C(C)=C[C@H]2[C@@H](CC1)C2(C)C. The molecule has 2 atom stereocenters. The lowest BCUT2D eigenvalue weighted by Crippen LogP contribution is -2.00. The number of furan rings is 1. The first-order valence-corrected chi connectivity index (χ1v) is 8.28. The average Bonchev–Trinajstić information content (AvgIpc) is 2.79. The predicted molar refractivity (Wildman–Crippen MR) is 89.0 cm³/mol. The van der Waals surface area contributed by atoms with Crippen LogP contribution in [0, 0.1) is 24.2 Å². The second-order valence-electron chi connectivity index (χ2n) is 7.64. The minimum absolute atomic E-state index is 0.0377. The summed E-state index contributed by atoms with van der Waals surface area (Å²) in [5.41, 5.74) is 3.63. The van der Waals surface area contributed by atoms with Gasteiger partial charge in [-0.1, -0.05) is 31.6 Å². The van der Waals surface area contributed by atoms with E-state index in [0.29, 0.717) is 23.0 Å². The van der Waals surface area contributed by atoms with E-state index >= 15 is 0 Å². The fraction of sp³-hybridized carbons (Fsp3) is 0.550. The van der Waals surface area contributed by atoms with E-state index in [1.807, 2.05) is 19.9 Å². The molecule has 2 heteroatoms. The van der Waals surface area contributed by atoms with Crippen LogP contribution in [0.3, 0.4) is 0 Å². The fourth-order valence-corrected chi connectivity index (χ4v) is 3.79. The quantitative estimate of drug-likeness (QED) is 0.611. The number of aryl methyl sites for hydroxylation is 1. The number of ketones is 1. The van der Waals surface area contributed by atoms with E-state index in [4.69, 9.17) is 4.42 Å². The molecule has 22 heavy (non-hydrogen) atoms. The molecular formula is C20H26O2. The summed E-state index contributed by atoms with van der Waals surface area (Å²) in [5, 5.41) is 0. The van der Waals surface area contributed by atoms with E-state index in [1.54, 1.807) is 0 Å². The highest BCUT2D eigenvalue weighted by Gasteiger charge is 2.55. The largest absolute Gasteiger partial charge is 0.457 e. The maximum atomic E-state index is 12.6. The van der Waals surface area contributed by atoms with Gasteiger partial charge in [0.1, 0.15) is 5.76 Å². The molecule has 2 aliphatic rings. The molecule has 1 aromatic heterocycles. The lowest BCUT2D eigenvalue weighted by molar-refractivity contribution is 0.100. The van der Waals surface area contributed by atoms with Crippen LogP contribution in [-0.2, 0) is 6.42 Å². The molecule has 1 aromatic rings. The Bertz CT molecular complexity index is 670. The first-order chi connectivity index (χ1) is 10.3. The smallest absolute Gasteiger partial charge is 0.223 e. The van der Waals surface area contributed by atoms with Crippen molar-refractivity contribution in [3.63, 3.8) is 0 Å². The number of fused-ring (bicyclic) bond motifs is 3. The predicted octanol–water partition coefficient (Wildman–Crippen LogP) is 5.27. The molecule has 1 saturated carbocycles. The Labute approximate surface area is 133 Å². The molecular weight excluding hydrogens is 272 g/mol. The Balaban J connectivity index is 1.99. The van der Waals surface area contributed by atoms with Crippen molar-refractivity contribution in [2.24, 2.45) is 17.3 Å². The molecule has 2 heterocycles. The van der Waals surface area contributed by atoms with Gasteiger partial charge in [-0.05, 0) is 68.1 Å². The first kappa shape index (κ1) is 15.3. The summed E-state index contributed by atoms with van der Waals surface area (Å²) in [6, 6.07) is 1.89. The normalized spacial score (nSPS) is 27.8. The Morgan fingerprint density at radius 2 is 1.95 bits per heavy atom.